The molecule has 0 saturated carbocycles. The molecule has 0 aromatic heterocycles. The van der Waals surface area contributed by atoms with Crippen LogP contribution in [0.15, 0.2) is 42.5 Å². The third-order valence-corrected chi connectivity index (χ3v) is 5.69. The summed E-state index contributed by atoms with van der Waals surface area (Å²) in [7, 11) is 3.48. The van der Waals surface area contributed by atoms with Crippen LogP contribution in [0.1, 0.15) is 49.3 Å². The summed E-state index contributed by atoms with van der Waals surface area (Å²) in [6.45, 7) is 4.71. The second kappa shape index (κ2) is 7.95. The van der Waals surface area contributed by atoms with Gasteiger partial charge in [-0.1, -0.05) is 38.5 Å². The maximum Gasteiger partial charge on any atom is 0.119 e. The van der Waals surface area contributed by atoms with E-state index in [2.05, 4.69) is 56.3 Å². The van der Waals surface area contributed by atoms with Crippen molar-refractivity contribution in [2.24, 2.45) is 11.8 Å². The predicted molar refractivity (Wildman–Crippen MR) is 104 cm³/mol. The van der Waals surface area contributed by atoms with E-state index in [0.29, 0.717) is 11.8 Å². The van der Waals surface area contributed by atoms with E-state index in [1.165, 1.54) is 36.0 Å². The highest BCUT2D eigenvalue weighted by atomic mass is 16.5. The third-order valence-electron chi connectivity index (χ3n) is 5.69. The fourth-order valence-corrected chi connectivity index (χ4v) is 4.54. The molecule has 1 aliphatic rings. The van der Waals surface area contributed by atoms with Crippen LogP contribution in [-0.4, -0.2) is 14.2 Å². The molecule has 2 heteroatoms. The van der Waals surface area contributed by atoms with Crippen molar-refractivity contribution in [3.05, 3.63) is 59.2 Å². The van der Waals surface area contributed by atoms with Gasteiger partial charge in [-0.2, -0.15) is 0 Å². The summed E-state index contributed by atoms with van der Waals surface area (Å²) in [4.78, 5) is 0. The monoisotopic (exact) mass is 338 g/mol. The lowest BCUT2D eigenvalue weighted by Crippen LogP contribution is -2.18. The first kappa shape index (κ1) is 17.8. The van der Waals surface area contributed by atoms with E-state index in [9.17, 15) is 0 Å². The van der Waals surface area contributed by atoms with E-state index in [1.54, 1.807) is 14.2 Å². The summed E-state index contributed by atoms with van der Waals surface area (Å²) in [5, 5.41) is 0. The van der Waals surface area contributed by atoms with Gasteiger partial charge >= 0.3 is 0 Å². The Hall–Kier alpha value is -1.96. The Labute approximate surface area is 152 Å². The van der Waals surface area contributed by atoms with Crippen molar-refractivity contribution in [1.29, 1.82) is 0 Å². The summed E-state index contributed by atoms with van der Waals surface area (Å²) in [6, 6.07) is 15.2. The normalized spacial score (nSPS) is 20.2. The van der Waals surface area contributed by atoms with Crippen LogP contribution >= 0.6 is 0 Å². The van der Waals surface area contributed by atoms with Crippen LogP contribution in [-0.2, 0) is 12.8 Å². The minimum absolute atomic E-state index is 0.610. The van der Waals surface area contributed by atoms with Crippen molar-refractivity contribution in [1.82, 2.24) is 0 Å². The summed E-state index contributed by atoms with van der Waals surface area (Å²) in [6.07, 6.45) is 4.87. The molecule has 3 rings (SSSR count). The van der Waals surface area contributed by atoms with Gasteiger partial charge in [0.1, 0.15) is 11.5 Å². The van der Waals surface area contributed by atoms with Crippen LogP contribution in [0.5, 0.6) is 11.5 Å². The van der Waals surface area contributed by atoms with Crippen molar-refractivity contribution in [3.63, 3.8) is 0 Å². The molecular formula is C23H30O2. The Bertz CT molecular complexity index is 690. The van der Waals surface area contributed by atoms with Crippen molar-refractivity contribution in [2.45, 2.75) is 45.4 Å². The van der Waals surface area contributed by atoms with E-state index in [0.717, 1.165) is 23.8 Å². The molecule has 1 aliphatic carbocycles. The molecule has 0 aliphatic heterocycles. The zero-order valence-corrected chi connectivity index (χ0v) is 15.9. The standard InChI is InChI=1S/C23H30O2/c1-5-6-19-14-18-9-12-21(25-4)15-22(18)23(19)16(2)13-17-7-10-20(24-3)11-8-17/h7-12,15-16,19,23H,5-6,13-14H2,1-4H3/t16-,19?,23?/m0/s1. The van der Waals surface area contributed by atoms with Crippen molar-refractivity contribution >= 4 is 0 Å². The van der Waals surface area contributed by atoms with Crippen LogP contribution in [0.25, 0.3) is 0 Å². The third kappa shape index (κ3) is 3.84. The minimum atomic E-state index is 0.610. The van der Waals surface area contributed by atoms with Crippen LogP contribution in [0.4, 0.5) is 0 Å². The lowest BCUT2D eigenvalue weighted by Gasteiger charge is -2.27. The highest BCUT2D eigenvalue weighted by Gasteiger charge is 2.35. The molecule has 0 heterocycles. The zero-order valence-electron chi connectivity index (χ0n) is 15.9. The van der Waals surface area contributed by atoms with Crippen molar-refractivity contribution in [2.75, 3.05) is 14.2 Å². The van der Waals surface area contributed by atoms with Gasteiger partial charge in [0.2, 0.25) is 0 Å². The zero-order chi connectivity index (χ0) is 17.8. The van der Waals surface area contributed by atoms with E-state index in [-0.39, 0.29) is 0 Å². The number of rotatable bonds is 7. The number of fused-ring (bicyclic) bond motifs is 1. The molecule has 2 aromatic carbocycles. The summed E-state index contributed by atoms with van der Waals surface area (Å²) in [5.41, 5.74) is 4.42. The topological polar surface area (TPSA) is 18.5 Å². The highest BCUT2D eigenvalue weighted by molar-refractivity contribution is 5.42. The van der Waals surface area contributed by atoms with Gasteiger partial charge in [0.15, 0.2) is 0 Å². The Morgan fingerprint density at radius 2 is 1.68 bits per heavy atom. The van der Waals surface area contributed by atoms with E-state index in [1.807, 2.05) is 0 Å². The molecule has 0 amide bonds. The quantitative estimate of drug-likeness (QED) is 0.650. The average molecular weight is 338 g/mol. The Morgan fingerprint density at radius 1 is 1.00 bits per heavy atom. The predicted octanol–water partition coefficient (Wildman–Crippen LogP) is 5.64. The van der Waals surface area contributed by atoms with Gasteiger partial charge in [0.25, 0.3) is 0 Å². The Kier molecular flexibility index (Phi) is 5.67. The first-order valence-corrected chi connectivity index (χ1v) is 9.46. The van der Waals surface area contributed by atoms with Crippen LogP contribution in [0, 0.1) is 11.8 Å². The SMILES string of the molecule is CCCC1Cc2ccc(OC)cc2C1[C@@H](C)Cc1ccc(OC)cc1. The maximum atomic E-state index is 5.49. The van der Waals surface area contributed by atoms with Crippen LogP contribution in [0.2, 0.25) is 0 Å². The number of methoxy groups -OCH3 is 2. The lowest BCUT2D eigenvalue weighted by molar-refractivity contribution is 0.326. The van der Waals surface area contributed by atoms with E-state index < -0.39 is 0 Å². The maximum absolute atomic E-state index is 5.49. The molecule has 0 saturated heterocycles. The molecule has 2 aromatic rings. The second-order valence-corrected chi connectivity index (χ2v) is 7.37. The molecule has 3 atom stereocenters. The van der Waals surface area contributed by atoms with Crippen molar-refractivity contribution in [3.8, 4) is 11.5 Å². The molecular weight excluding hydrogens is 308 g/mol. The molecule has 2 nitrogen and oxygen atoms in total. The van der Waals surface area contributed by atoms with Crippen molar-refractivity contribution < 1.29 is 9.47 Å². The van der Waals surface area contributed by atoms with Gasteiger partial charge in [-0.25, -0.2) is 0 Å². The first-order chi connectivity index (χ1) is 12.2. The minimum Gasteiger partial charge on any atom is -0.497 e. The number of ether oxygens (including phenoxy) is 2. The van der Waals surface area contributed by atoms with Crippen LogP contribution in [0.3, 0.4) is 0 Å². The number of hydrogen-bond donors (Lipinski definition) is 0. The van der Waals surface area contributed by atoms with Crippen LogP contribution < -0.4 is 9.47 Å². The molecule has 134 valence electrons. The largest absolute Gasteiger partial charge is 0.497 e. The van der Waals surface area contributed by atoms with Gasteiger partial charge in [0, 0.05) is 0 Å². The van der Waals surface area contributed by atoms with E-state index >= 15 is 0 Å². The van der Waals surface area contributed by atoms with E-state index in [4.69, 9.17) is 9.47 Å². The Morgan fingerprint density at radius 3 is 2.32 bits per heavy atom. The number of benzene rings is 2. The van der Waals surface area contributed by atoms with Gasteiger partial charge in [0.05, 0.1) is 14.2 Å². The van der Waals surface area contributed by atoms with Gasteiger partial charge in [-0.15, -0.1) is 0 Å². The highest BCUT2D eigenvalue weighted by Crippen LogP contribution is 2.46. The average Bonchev–Trinajstić information content (AvgIpc) is 2.99. The summed E-state index contributed by atoms with van der Waals surface area (Å²) < 4.78 is 10.8. The van der Waals surface area contributed by atoms with Gasteiger partial charge in [-0.05, 0) is 78.0 Å². The molecule has 0 N–H and O–H groups in total. The first-order valence-electron chi connectivity index (χ1n) is 9.46. The summed E-state index contributed by atoms with van der Waals surface area (Å²) in [5.74, 6) is 3.89. The molecule has 0 bridgehead atoms. The molecule has 0 spiro atoms. The smallest absolute Gasteiger partial charge is 0.119 e. The molecule has 0 fully saturated rings. The lowest BCUT2D eigenvalue weighted by atomic mass is 9.77. The molecule has 0 radical (unpaired) electrons. The fourth-order valence-electron chi connectivity index (χ4n) is 4.54. The number of hydrogen-bond acceptors (Lipinski definition) is 2. The summed E-state index contributed by atoms with van der Waals surface area (Å²) >= 11 is 0. The van der Waals surface area contributed by atoms with Gasteiger partial charge in [-0.3, -0.25) is 0 Å². The second-order valence-electron chi connectivity index (χ2n) is 7.37. The molecule has 2 unspecified atom stereocenters. The van der Waals surface area contributed by atoms with Gasteiger partial charge < -0.3 is 9.47 Å². The fraction of sp³-hybridized carbons (Fsp3) is 0.478. The Balaban J connectivity index is 1.83. The molecule has 25 heavy (non-hydrogen) atoms.